The summed E-state index contributed by atoms with van der Waals surface area (Å²) in [6, 6.07) is 16.7. The molecular weight excluding hydrogens is 352 g/mol. The third-order valence-corrected chi connectivity index (χ3v) is 5.31. The van der Waals surface area contributed by atoms with Gasteiger partial charge in [-0.25, -0.2) is 0 Å². The fourth-order valence-corrected chi connectivity index (χ4v) is 3.75. The first-order chi connectivity index (χ1) is 13.5. The molecule has 1 saturated heterocycles. The maximum absolute atomic E-state index is 11.7. The van der Waals surface area contributed by atoms with E-state index in [2.05, 4.69) is 6.07 Å². The van der Waals surface area contributed by atoms with E-state index >= 15 is 0 Å². The summed E-state index contributed by atoms with van der Waals surface area (Å²) in [5.41, 5.74) is 14.3. The molecule has 4 N–H and O–H groups in total. The predicted octanol–water partition coefficient (Wildman–Crippen LogP) is 2.23. The van der Waals surface area contributed by atoms with Gasteiger partial charge < -0.3 is 11.5 Å². The summed E-state index contributed by atoms with van der Waals surface area (Å²) >= 11 is 0. The van der Waals surface area contributed by atoms with E-state index < -0.39 is 5.91 Å². The van der Waals surface area contributed by atoms with E-state index in [1.165, 1.54) is 0 Å². The van der Waals surface area contributed by atoms with Gasteiger partial charge in [-0.2, -0.15) is 5.26 Å². The van der Waals surface area contributed by atoms with Crippen molar-refractivity contribution < 1.29 is 9.59 Å². The Balaban J connectivity index is 1.73. The number of benzene rings is 2. The zero-order chi connectivity index (χ0) is 20.1. The fraction of sp³-hybridized carbons (Fsp3) is 0.318. The molecule has 0 spiro atoms. The highest BCUT2D eigenvalue weighted by Gasteiger charge is 2.32. The molecule has 2 atom stereocenters. The summed E-state index contributed by atoms with van der Waals surface area (Å²) in [5, 5.41) is 9.66. The molecular formula is C22H24N4O2. The average Bonchev–Trinajstić information content (AvgIpc) is 2.72. The first-order valence-electron chi connectivity index (χ1n) is 9.43. The minimum Gasteiger partial charge on any atom is -0.368 e. The second-order valence-corrected chi connectivity index (χ2v) is 7.14. The molecule has 1 heterocycles. The molecule has 144 valence electrons. The zero-order valence-corrected chi connectivity index (χ0v) is 15.7. The lowest BCUT2D eigenvalue weighted by molar-refractivity contribution is -0.125. The highest BCUT2D eigenvalue weighted by Crippen LogP contribution is 2.24. The van der Waals surface area contributed by atoms with Crippen LogP contribution < -0.4 is 11.5 Å². The Bertz CT molecular complexity index is 884. The summed E-state index contributed by atoms with van der Waals surface area (Å²) in [4.78, 5) is 24.9. The number of likely N-dealkylation sites (tertiary alicyclic amines) is 1. The normalized spacial score (nSPS) is 18.2. The number of hydrogen-bond acceptors (Lipinski definition) is 4. The van der Waals surface area contributed by atoms with Gasteiger partial charge in [-0.1, -0.05) is 42.8 Å². The quantitative estimate of drug-likeness (QED) is 0.805. The summed E-state index contributed by atoms with van der Waals surface area (Å²) < 4.78 is 0. The van der Waals surface area contributed by atoms with E-state index in [1.54, 1.807) is 12.1 Å². The molecule has 28 heavy (non-hydrogen) atoms. The maximum atomic E-state index is 11.7. The van der Waals surface area contributed by atoms with E-state index in [0.29, 0.717) is 18.4 Å². The number of carbonyl (C=O) groups is 2. The van der Waals surface area contributed by atoms with Crippen molar-refractivity contribution in [1.29, 1.82) is 5.26 Å². The number of hydrogen-bond donors (Lipinski definition) is 2. The van der Waals surface area contributed by atoms with Gasteiger partial charge in [-0.15, -0.1) is 0 Å². The molecule has 0 saturated carbocycles. The predicted molar refractivity (Wildman–Crippen MR) is 107 cm³/mol. The van der Waals surface area contributed by atoms with Gasteiger partial charge in [0.1, 0.15) is 6.04 Å². The number of amides is 2. The number of nitriles is 1. The van der Waals surface area contributed by atoms with Crippen molar-refractivity contribution in [2.24, 2.45) is 11.5 Å². The Morgan fingerprint density at radius 3 is 2.18 bits per heavy atom. The van der Waals surface area contributed by atoms with Crippen molar-refractivity contribution in [3.8, 4) is 17.2 Å². The van der Waals surface area contributed by atoms with Crippen LogP contribution in [0.5, 0.6) is 0 Å². The Hall–Kier alpha value is -3.17. The SMILES string of the molecule is N#C[C@H](Cc1ccc(-c2ccc(C(N)=O)cc2)cc1)N1CCCCC1C(N)=O. The standard InChI is InChI=1S/C22H24N4O2/c23-14-19(26-12-2-1-3-20(26)22(25)28)13-15-4-6-16(7-5-15)17-8-10-18(11-9-17)21(24)27/h4-11,19-20H,1-3,12-13H2,(H2,24,27)(H2,25,28)/t19-,20?/m0/s1. The van der Waals surface area contributed by atoms with E-state index in [0.717, 1.165) is 36.1 Å². The van der Waals surface area contributed by atoms with Crippen LogP contribution in [0.1, 0.15) is 35.2 Å². The van der Waals surface area contributed by atoms with E-state index in [-0.39, 0.29) is 18.0 Å². The van der Waals surface area contributed by atoms with Crippen LogP contribution in [0.25, 0.3) is 11.1 Å². The van der Waals surface area contributed by atoms with Gasteiger partial charge in [0.25, 0.3) is 0 Å². The minimum absolute atomic E-state index is 0.352. The Morgan fingerprint density at radius 2 is 1.64 bits per heavy atom. The third kappa shape index (κ3) is 4.38. The number of nitrogens with two attached hydrogens (primary N) is 2. The summed E-state index contributed by atoms with van der Waals surface area (Å²) in [6.45, 7) is 0.718. The van der Waals surface area contributed by atoms with Crippen molar-refractivity contribution in [3.05, 3.63) is 59.7 Å². The molecule has 3 rings (SSSR count). The highest BCUT2D eigenvalue weighted by molar-refractivity contribution is 5.93. The van der Waals surface area contributed by atoms with Crippen molar-refractivity contribution in [2.45, 2.75) is 37.8 Å². The van der Waals surface area contributed by atoms with Crippen LogP contribution in [-0.4, -0.2) is 35.3 Å². The number of rotatable bonds is 6. The summed E-state index contributed by atoms with van der Waals surface area (Å²) in [7, 11) is 0. The van der Waals surface area contributed by atoms with Gasteiger partial charge in [-0.3, -0.25) is 14.5 Å². The fourth-order valence-electron chi connectivity index (χ4n) is 3.75. The lowest BCUT2D eigenvalue weighted by atomic mass is 9.95. The number of carbonyl (C=O) groups excluding carboxylic acids is 2. The van der Waals surface area contributed by atoms with Crippen LogP contribution in [0.3, 0.4) is 0 Å². The van der Waals surface area contributed by atoms with Gasteiger partial charge in [-0.05, 0) is 41.7 Å². The first kappa shape index (κ1) is 19.6. The molecule has 0 aliphatic carbocycles. The first-order valence-corrected chi connectivity index (χ1v) is 9.43. The Labute approximate surface area is 164 Å². The lowest BCUT2D eigenvalue weighted by Crippen LogP contribution is -2.52. The number of piperidine rings is 1. The van der Waals surface area contributed by atoms with E-state index in [4.69, 9.17) is 11.5 Å². The lowest BCUT2D eigenvalue weighted by Gasteiger charge is -2.36. The van der Waals surface area contributed by atoms with Crippen LogP contribution >= 0.6 is 0 Å². The second kappa shape index (κ2) is 8.68. The number of nitrogens with zero attached hydrogens (tertiary/aromatic N) is 2. The van der Waals surface area contributed by atoms with Crippen LogP contribution in [0.4, 0.5) is 0 Å². The molecule has 1 unspecified atom stereocenters. The van der Waals surface area contributed by atoms with Crippen LogP contribution in [0.2, 0.25) is 0 Å². The third-order valence-electron chi connectivity index (χ3n) is 5.31. The molecule has 1 aliphatic heterocycles. The van der Waals surface area contributed by atoms with E-state index in [9.17, 15) is 14.9 Å². The van der Waals surface area contributed by atoms with Crippen molar-refractivity contribution >= 4 is 11.8 Å². The topological polar surface area (TPSA) is 113 Å². The van der Waals surface area contributed by atoms with Gasteiger partial charge in [0.15, 0.2) is 0 Å². The zero-order valence-electron chi connectivity index (χ0n) is 15.7. The van der Waals surface area contributed by atoms with Crippen LogP contribution in [0.15, 0.2) is 48.5 Å². The van der Waals surface area contributed by atoms with Gasteiger partial charge in [0, 0.05) is 18.5 Å². The minimum atomic E-state index is -0.448. The second-order valence-electron chi connectivity index (χ2n) is 7.14. The molecule has 0 bridgehead atoms. The molecule has 0 aromatic heterocycles. The van der Waals surface area contributed by atoms with Crippen LogP contribution in [0, 0.1) is 11.3 Å². The molecule has 1 fully saturated rings. The van der Waals surface area contributed by atoms with Gasteiger partial charge >= 0.3 is 0 Å². The van der Waals surface area contributed by atoms with Crippen molar-refractivity contribution in [3.63, 3.8) is 0 Å². The van der Waals surface area contributed by atoms with E-state index in [1.807, 2.05) is 41.3 Å². The highest BCUT2D eigenvalue weighted by atomic mass is 16.1. The van der Waals surface area contributed by atoms with Crippen molar-refractivity contribution in [1.82, 2.24) is 4.90 Å². The monoisotopic (exact) mass is 376 g/mol. The summed E-state index contributed by atoms with van der Waals surface area (Å²) in [5.74, 6) is -0.800. The molecule has 1 aliphatic rings. The molecule has 2 aromatic rings. The molecule has 6 nitrogen and oxygen atoms in total. The average molecular weight is 376 g/mol. The van der Waals surface area contributed by atoms with Crippen molar-refractivity contribution in [2.75, 3.05) is 6.54 Å². The Kier molecular flexibility index (Phi) is 6.07. The molecule has 2 amide bonds. The molecule has 6 heteroatoms. The number of primary amides is 2. The molecule has 2 aromatic carbocycles. The maximum Gasteiger partial charge on any atom is 0.248 e. The summed E-state index contributed by atoms with van der Waals surface area (Å²) in [6.07, 6.45) is 3.20. The largest absolute Gasteiger partial charge is 0.368 e. The van der Waals surface area contributed by atoms with Gasteiger partial charge in [0.2, 0.25) is 11.8 Å². The molecule has 0 radical (unpaired) electrons. The van der Waals surface area contributed by atoms with Gasteiger partial charge in [0.05, 0.1) is 12.1 Å². The Morgan fingerprint density at radius 1 is 1.04 bits per heavy atom. The smallest absolute Gasteiger partial charge is 0.248 e. The van der Waals surface area contributed by atoms with Crippen LogP contribution in [-0.2, 0) is 11.2 Å².